The van der Waals surface area contributed by atoms with Crippen LogP contribution in [0, 0.1) is 0 Å². The summed E-state index contributed by atoms with van der Waals surface area (Å²) < 4.78 is 41.3. The molecule has 2 amide bonds. The van der Waals surface area contributed by atoms with E-state index in [1.54, 1.807) is 19.2 Å². The first-order valence-corrected chi connectivity index (χ1v) is 6.34. The SMILES string of the molecule is CCN(C)C(=O)Nc1ccc(-c2noc(C(F)(F)F)n2)cc1. The van der Waals surface area contributed by atoms with E-state index in [0.29, 0.717) is 17.8 Å². The van der Waals surface area contributed by atoms with Gasteiger partial charge in [0.2, 0.25) is 5.82 Å². The third-order valence-electron chi connectivity index (χ3n) is 2.88. The first kappa shape index (κ1) is 15.8. The summed E-state index contributed by atoms with van der Waals surface area (Å²) in [7, 11) is 1.64. The fourth-order valence-electron chi connectivity index (χ4n) is 1.52. The van der Waals surface area contributed by atoms with Gasteiger partial charge in [-0.3, -0.25) is 0 Å². The van der Waals surface area contributed by atoms with Gasteiger partial charge in [-0.2, -0.15) is 18.2 Å². The average molecular weight is 314 g/mol. The molecule has 1 N–H and O–H groups in total. The lowest BCUT2D eigenvalue weighted by molar-refractivity contribution is -0.159. The highest BCUT2D eigenvalue weighted by atomic mass is 19.4. The van der Waals surface area contributed by atoms with E-state index in [1.807, 2.05) is 6.92 Å². The van der Waals surface area contributed by atoms with E-state index in [9.17, 15) is 18.0 Å². The van der Waals surface area contributed by atoms with E-state index in [2.05, 4.69) is 20.0 Å². The lowest BCUT2D eigenvalue weighted by atomic mass is 10.2. The van der Waals surface area contributed by atoms with Crippen LogP contribution in [0.5, 0.6) is 0 Å². The Bertz CT molecular complexity index is 652. The summed E-state index contributed by atoms with van der Waals surface area (Å²) in [4.78, 5) is 16.4. The molecule has 6 nitrogen and oxygen atoms in total. The van der Waals surface area contributed by atoms with Crippen molar-refractivity contribution in [3.05, 3.63) is 30.2 Å². The minimum atomic E-state index is -4.68. The second kappa shape index (κ2) is 6.04. The minimum absolute atomic E-state index is 0.170. The molecule has 0 aliphatic carbocycles. The van der Waals surface area contributed by atoms with Crippen molar-refractivity contribution in [3.63, 3.8) is 0 Å². The van der Waals surface area contributed by atoms with Crippen LogP contribution in [0.2, 0.25) is 0 Å². The Morgan fingerprint density at radius 2 is 1.95 bits per heavy atom. The van der Waals surface area contributed by atoms with Crippen molar-refractivity contribution in [2.24, 2.45) is 0 Å². The molecule has 0 saturated heterocycles. The Balaban J connectivity index is 2.12. The van der Waals surface area contributed by atoms with Crippen molar-refractivity contribution in [3.8, 4) is 11.4 Å². The van der Waals surface area contributed by atoms with Gasteiger partial charge < -0.3 is 14.7 Å². The maximum Gasteiger partial charge on any atom is 0.471 e. The second-order valence-electron chi connectivity index (χ2n) is 4.44. The van der Waals surface area contributed by atoms with Gasteiger partial charge in [0.05, 0.1) is 0 Å². The Morgan fingerprint density at radius 3 is 2.45 bits per heavy atom. The van der Waals surface area contributed by atoms with Gasteiger partial charge in [0.1, 0.15) is 0 Å². The number of urea groups is 1. The fourth-order valence-corrected chi connectivity index (χ4v) is 1.52. The quantitative estimate of drug-likeness (QED) is 0.944. The number of hydrogen-bond donors (Lipinski definition) is 1. The van der Waals surface area contributed by atoms with Crippen molar-refractivity contribution < 1.29 is 22.5 Å². The van der Waals surface area contributed by atoms with Crippen molar-refractivity contribution in [1.29, 1.82) is 0 Å². The average Bonchev–Trinajstić information content (AvgIpc) is 2.97. The van der Waals surface area contributed by atoms with Crippen LogP contribution >= 0.6 is 0 Å². The number of nitrogens with zero attached hydrogens (tertiary/aromatic N) is 3. The van der Waals surface area contributed by atoms with Gasteiger partial charge in [0.15, 0.2) is 0 Å². The van der Waals surface area contributed by atoms with E-state index in [1.165, 1.54) is 17.0 Å². The van der Waals surface area contributed by atoms with E-state index in [4.69, 9.17) is 0 Å². The third-order valence-corrected chi connectivity index (χ3v) is 2.88. The van der Waals surface area contributed by atoms with Gasteiger partial charge in [-0.05, 0) is 31.2 Å². The highest BCUT2D eigenvalue weighted by molar-refractivity contribution is 5.89. The van der Waals surface area contributed by atoms with Crippen LogP contribution in [-0.4, -0.2) is 34.7 Å². The van der Waals surface area contributed by atoms with Gasteiger partial charge >= 0.3 is 18.1 Å². The molecule has 0 unspecified atom stereocenters. The number of aromatic nitrogens is 2. The monoisotopic (exact) mass is 314 g/mol. The molecule has 2 rings (SSSR count). The maximum atomic E-state index is 12.4. The van der Waals surface area contributed by atoms with Gasteiger partial charge in [-0.15, -0.1) is 0 Å². The van der Waals surface area contributed by atoms with Gasteiger partial charge in [0, 0.05) is 24.8 Å². The lowest BCUT2D eigenvalue weighted by Gasteiger charge is -2.15. The van der Waals surface area contributed by atoms with Gasteiger partial charge in [-0.25, -0.2) is 4.79 Å². The molecule has 2 aromatic rings. The molecule has 0 atom stereocenters. The Labute approximate surface area is 123 Å². The predicted octanol–water partition coefficient (Wildman–Crippen LogP) is 3.24. The molecule has 118 valence electrons. The zero-order chi connectivity index (χ0) is 16.3. The van der Waals surface area contributed by atoms with Crippen LogP contribution in [0.25, 0.3) is 11.4 Å². The number of benzene rings is 1. The maximum absolute atomic E-state index is 12.4. The molecular weight excluding hydrogens is 301 g/mol. The smallest absolute Gasteiger partial charge is 0.329 e. The van der Waals surface area contributed by atoms with E-state index in [-0.39, 0.29) is 11.9 Å². The number of hydrogen-bond acceptors (Lipinski definition) is 4. The molecule has 0 saturated carbocycles. The molecule has 1 aromatic carbocycles. The molecule has 0 radical (unpaired) electrons. The number of carbonyl (C=O) groups excluding carboxylic acids is 1. The highest BCUT2D eigenvalue weighted by Gasteiger charge is 2.38. The normalized spacial score (nSPS) is 11.3. The number of halogens is 3. The molecular formula is C13H13F3N4O2. The zero-order valence-corrected chi connectivity index (χ0v) is 11.8. The summed E-state index contributed by atoms with van der Waals surface area (Å²) in [5, 5.41) is 5.93. The highest BCUT2D eigenvalue weighted by Crippen LogP contribution is 2.29. The molecule has 0 spiro atoms. The Morgan fingerprint density at radius 1 is 1.32 bits per heavy atom. The molecule has 0 fully saturated rings. The van der Waals surface area contributed by atoms with E-state index < -0.39 is 12.1 Å². The molecule has 1 aromatic heterocycles. The predicted molar refractivity (Wildman–Crippen MR) is 72.1 cm³/mol. The van der Waals surface area contributed by atoms with Crippen LogP contribution in [0.15, 0.2) is 28.8 Å². The van der Waals surface area contributed by atoms with Crippen LogP contribution in [0.4, 0.5) is 23.7 Å². The lowest BCUT2D eigenvalue weighted by Crippen LogP contribution is -2.30. The Hall–Kier alpha value is -2.58. The van der Waals surface area contributed by atoms with Crippen LogP contribution in [0.3, 0.4) is 0 Å². The number of rotatable bonds is 3. The molecule has 0 aliphatic rings. The van der Waals surface area contributed by atoms with Crippen molar-refractivity contribution in [2.45, 2.75) is 13.1 Å². The van der Waals surface area contributed by atoms with Crippen molar-refractivity contribution in [1.82, 2.24) is 15.0 Å². The van der Waals surface area contributed by atoms with Crippen LogP contribution in [-0.2, 0) is 6.18 Å². The summed E-state index contributed by atoms with van der Waals surface area (Å²) in [5.74, 6) is -1.57. The van der Waals surface area contributed by atoms with Crippen LogP contribution < -0.4 is 5.32 Å². The van der Waals surface area contributed by atoms with Crippen LogP contribution in [0.1, 0.15) is 12.8 Å². The van der Waals surface area contributed by atoms with Gasteiger partial charge in [-0.1, -0.05) is 5.16 Å². The number of nitrogens with one attached hydrogen (secondary N) is 1. The number of alkyl halides is 3. The van der Waals surface area contributed by atoms with Crippen molar-refractivity contribution >= 4 is 11.7 Å². The summed E-state index contributed by atoms with van der Waals surface area (Å²) >= 11 is 0. The van der Waals surface area contributed by atoms with Gasteiger partial charge in [0.25, 0.3) is 0 Å². The summed E-state index contributed by atoms with van der Waals surface area (Å²) in [5.41, 5.74) is 0.856. The topological polar surface area (TPSA) is 71.3 Å². The minimum Gasteiger partial charge on any atom is -0.329 e. The zero-order valence-electron chi connectivity index (χ0n) is 11.8. The molecule has 0 aliphatic heterocycles. The fraction of sp³-hybridized carbons (Fsp3) is 0.308. The first-order valence-electron chi connectivity index (χ1n) is 6.34. The summed E-state index contributed by atoms with van der Waals surface area (Å²) in [6, 6.07) is 5.79. The Kier molecular flexibility index (Phi) is 4.34. The summed E-state index contributed by atoms with van der Waals surface area (Å²) in [6.45, 7) is 2.38. The standard InChI is InChI=1S/C13H13F3N4O2/c1-3-20(2)12(21)17-9-6-4-8(5-7-9)10-18-11(22-19-10)13(14,15)16/h4-7H,3H2,1-2H3,(H,17,21). The third kappa shape index (κ3) is 3.54. The van der Waals surface area contributed by atoms with E-state index in [0.717, 1.165) is 0 Å². The molecule has 1 heterocycles. The summed E-state index contributed by atoms with van der Waals surface area (Å²) in [6.07, 6.45) is -4.68. The second-order valence-corrected chi connectivity index (χ2v) is 4.44. The first-order chi connectivity index (χ1) is 10.3. The largest absolute Gasteiger partial charge is 0.471 e. The molecule has 9 heteroatoms. The molecule has 22 heavy (non-hydrogen) atoms. The molecule has 0 bridgehead atoms. The van der Waals surface area contributed by atoms with E-state index >= 15 is 0 Å². The number of amides is 2. The number of anilines is 1. The van der Waals surface area contributed by atoms with Crippen molar-refractivity contribution in [2.75, 3.05) is 18.9 Å². The number of carbonyl (C=O) groups is 1.